The van der Waals surface area contributed by atoms with E-state index in [4.69, 9.17) is 58.0 Å². The van der Waals surface area contributed by atoms with Crippen LogP contribution in [0.2, 0.25) is 25.1 Å². The Labute approximate surface area is 149 Å². The van der Waals surface area contributed by atoms with Crippen molar-refractivity contribution in [1.29, 1.82) is 0 Å². The van der Waals surface area contributed by atoms with Crippen molar-refractivity contribution in [3.63, 3.8) is 0 Å². The van der Waals surface area contributed by atoms with Gasteiger partial charge < -0.3 is 5.32 Å². The van der Waals surface area contributed by atoms with Crippen LogP contribution in [0.5, 0.6) is 0 Å². The summed E-state index contributed by atoms with van der Waals surface area (Å²) in [5.74, 6) is 0. The molecule has 2 rings (SSSR count). The zero-order chi connectivity index (χ0) is 15.7. The minimum Gasteiger partial charge on any atom is -0.377 e. The van der Waals surface area contributed by atoms with Crippen LogP contribution in [-0.2, 0) is 0 Å². The van der Waals surface area contributed by atoms with Crippen LogP contribution in [0.4, 0.5) is 5.69 Å². The van der Waals surface area contributed by atoms with E-state index in [-0.39, 0.29) is 6.04 Å². The second-order valence-electron chi connectivity index (χ2n) is 4.71. The van der Waals surface area contributed by atoms with Gasteiger partial charge in [-0.3, -0.25) is 0 Å². The van der Waals surface area contributed by atoms with Gasteiger partial charge >= 0.3 is 0 Å². The van der Waals surface area contributed by atoms with Crippen molar-refractivity contribution in [2.24, 2.45) is 0 Å². The highest BCUT2D eigenvalue weighted by atomic mass is 35.5. The minimum atomic E-state index is -0.108. The third-order valence-electron chi connectivity index (χ3n) is 3.15. The van der Waals surface area contributed by atoms with Crippen molar-refractivity contribution in [3.8, 4) is 0 Å². The summed E-state index contributed by atoms with van der Waals surface area (Å²) >= 11 is 30.6. The van der Waals surface area contributed by atoms with Gasteiger partial charge in [0, 0.05) is 5.02 Å². The maximum absolute atomic E-state index is 6.24. The molecule has 1 N–H and O–H groups in total. The van der Waals surface area contributed by atoms with Gasteiger partial charge in [-0.25, -0.2) is 0 Å². The van der Waals surface area contributed by atoms with Crippen LogP contribution in [-0.4, -0.2) is 0 Å². The summed E-state index contributed by atoms with van der Waals surface area (Å²) < 4.78 is 0. The van der Waals surface area contributed by atoms with Gasteiger partial charge in [-0.05, 0) is 43.2 Å². The Kier molecular flexibility index (Phi) is 5.56. The Morgan fingerprint density at radius 2 is 1.52 bits per heavy atom. The summed E-state index contributed by atoms with van der Waals surface area (Å²) in [4.78, 5) is 0. The third kappa shape index (κ3) is 3.72. The van der Waals surface area contributed by atoms with Gasteiger partial charge in [0.2, 0.25) is 0 Å². The van der Waals surface area contributed by atoms with E-state index in [1.54, 1.807) is 12.1 Å². The van der Waals surface area contributed by atoms with E-state index in [1.165, 1.54) is 0 Å². The molecule has 2 aromatic rings. The highest BCUT2D eigenvalue weighted by molar-refractivity contribution is 6.48. The maximum atomic E-state index is 6.24. The van der Waals surface area contributed by atoms with E-state index < -0.39 is 0 Å². The van der Waals surface area contributed by atoms with E-state index >= 15 is 0 Å². The fourth-order valence-corrected chi connectivity index (χ4v) is 3.09. The molecule has 0 saturated heterocycles. The first-order valence-corrected chi connectivity index (χ1v) is 8.05. The van der Waals surface area contributed by atoms with Crippen LogP contribution in [0.3, 0.4) is 0 Å². The molecule has 2 aromatic carbocycles. The van der Waals surface area contributed by atoms with Gasteiger partial charge in [-0.2, -0.15) is 0 Å². The SMILES string of the molecule is Cc1cc(Cl)c(NC(C)c2ccc(Cl)c(Cl)c2Cl)cc1Cl. The van der Waals surface area contributed by atoms with E-state index in [0.717, 1.165) is 16.8 Å². The van der Waals surface area contributed by atoms with Crippen molar-refractivity contribution in [2.75, 3.05) is 5.32 Å². The number of benzene rings is 2. The van der Waals surface area contributed by atoms with Gasteiger partial charge in [-0.15, -0.1) is 0 Å². The molecule has 0 heterocycles. The lowest BCUT2D eigenvalue weighted by Crippen LogP contribution is -2.08. The molecule has 112 valence electrons. The van der Waals surface area contributed by atoms with E-state index in [1.807, 2.05) is 26.0 Å². The first kappa shape index (κ1) is 17.1. The molecule has 0 aliphatic rings. The number of hydrogen-bond acceptors (Lipinski definition) is 1. The lowest BCUT2D eigenvalue weighted by atomic mass is 10.1. The Balaban J connectivity index is 2.32. The first-order valence-electron chi connectivity index (χ1n) is 6.16. The molecular weight excluding hydrogens is 371 g/mol. The summed E-state index contributed by atoms with van der Waals surface area (Å²) in [5, 5.41) is 5.72. The van der Waals surface area contributed by atoms with Crippen molar-refractivity contribution in [1.82, 2.24) is 0 Å². The number of nitrogens with one attached hydrogen (secondary N) is 1. The molecule has 0 aliphatic carbocycles. The van der Waals surface area contributed by atoms with Crippen molar-refractivity contribution in [2.45, 2.75) is 19.9 Å². The molecule has 6 heteroatoms. The highest BCUT2D eigenvalue weighted by Crippen LogP contribution is 2.37. The lowest BCUT2D eigenvalue weighted by Gasteiger charge is -2.19. The Hall–Kier alpha value is -0.310. The molecule has 0 aliphatic heterocycles. The molecule has 21 heavy (non-hydrogen) atoms. The zero-order valence-electron chi connectivity index (χ0n) is 11.3. The topological polar surface area (TPSA) is 12.0 Å². The average molecular weight is 384 g/mol. The zero-order valence-corrected chi connectivity index (χ0v) is 15.1. The largest absolute Gasteiger partial charge is 0.377 e. The predicted molar refractivity (Wildman–Crippen MR) is 94.7 cm³/mol. The molecule has 1 nitrogen and oxygen atoms in total. The molecule has 0 bridgehead atoms. The van der Waals surface area contributed by atoms with Crippen LogP contribution in [0, 0.1) is 6.92 Å². The molecule has 0 spiro atoms. The number of rotatable bonds is 3. The van der Waals surface area contributed by atoms with Crippen LogP contribution in [0.1, 0.15) is 24.1 Å². The smallest absolute Gasteiger partial charge is 0.0782 e. The fraction of sp³-hybridized carbons (Fsp3) is 0.200. The lowest BCUT2D eigenvalue weighted by molar-refractivity contribution is 0.885. The quantitative estimate of drug-likeness (QED) is 0.543. The van der Waals surface area contributed by atoms with Crippen LogP contribution >= 0.6 is 58.0 Å². The molecule has 0 aromatic heterocycles. The second-order valence-corrected chi connectivity index (χ2v) is 6.69. The molecule has 1 unspecified atom stereocenters. The summed E-state index contributed by atoms with van der Waals surface area (Å²) in [7, 11) is 0. The van der Waals surface area contributed by atoms with Gasteiger partial charge in [-0.1, -0.05) is 64.1 Å². The second kappa shape index (κ2) is 6.85. The van der Waals surface area contributed by atoms with Gasteiger partial charge in [0.05, 0.1) is 31.8 Å². The standard InChI is InChI=1S/C15H12Cl5N/c1-7-5-12(18)13(6-11(7)17)21-8(2)9-3-4-10(16)15(20)14(9)19/h3-6,8,21H,1-2H3. The Bertz CT molecular complexity index is 684. The van der Waals surface area contributed by atoms with E-state index in [2.05, 4.69) is 5.32 Å². The van der Waals surface area contributed by atoms with E-state index in [0.29, 0.717) is 25.1 Å². The van der Waals surface area contributed by atoms with Crippen LogP contribution in [0.15, 0.2) is 24.3 Å². The number of anilines is 1. The van der Waals surface area contributed by atoms with Gasteiger partial charge in [0.15, 0.2) is 0 Å². The normalized spacial score (nSPS) is 12.3. The van der Waals surface area contributed by atoms with Crippen molar-refractivity contribution >= 4 is 63.7 Å². The molecule has 0 fully saturated rings. The minimum absolute atomic E-state index is 0.108. The fourth-order valence-electron chi connectivity index (χ4n) is 1.94. The Morgan fingerprint density at radius 1 is 0.857 bits per heavy atom. The van der Waals surface area contributed by atoms with Crippen molar-refractivity contribution < 1.29 is 0 Å². The highest BCUT2D eigenvalue weighted by Gasteiger charge is 2.15. The molecule has 0 radical (unpaired) electrons. The first-order chi connectivity index (χ1) is 9.81. The monoisotopic (exact) mass is 381 g/mol. The average Bonchev–Trinajstić information content (AvgIpc) is 2.42. The molecule has 0 saturated carbocycles. The predicted octanol–water partition coefficient (Wildman–Crippen LogP) is 7.44. The summed E-state index contributed by atoms with van der Waals surface area (Å²) in [6.45, 7) is 3.85. The van der Waals surface area contributed by atoms with Crippen molar-refractivity contribution in [3.05, 3.63) is 60.5 Å². The molecule has 0 amide bonds. The number of aryl methyl sites for hydroxylation is 1. The molecule has 1 atom stereocenters. The Morgan fingerprint density at radius 3 is 2.19 bits per heavy atom. The van der Waals surface area contributed by atoms with Gasteiger partial charge in [0.1, 0.15) is 0 Å². The van der Waals surface area contributed by atoms with Crippen LogP contribution in [0.25, 0.3) is 0 Å². The summed E-state index contributed by atoms with van der Waals surface area (Å²) in [6.07, 6.45) is 0. The summed E-state index contributed by atoms with van der Waals surface area (Å²) in [5.41, 5.74) is 2.49. The van der Waals surface area contributed by atoms with E-state index in [9.17, 15) is 0 Å². The number of halogens is 5. The maximum Gasteiger partial charge on any atom is 0.0782 e. The van der Waals surface area contributed by atoms with Crippen LogP contribution < -0.4 is 5.32 Å². The number of hydrogen-bond donors (Lipinski definition) is 1. The summed E-state index contributed by atoms with van der Waals surface area (Å²) in [6, 6.07) is 7.05. The van der Waals surface area contributed by atoms with Gasteiger partial charge in [0.25, 0.3) is 0 Å². The third-order valence-corrected chi connectivity index (χ3v) is 5.18. The molecular formula is C15H12Cl5N.